The number of rotatable bonds is 3. The van der Waals surface area contributed by atoms with Crippen molar-refractivity contribution in [3.8, 4) is 11.4 Å². The Labute approximate surface area is 136 Å². The van der Waals surface area contributed by atoms with Gasteiger partial charge in [-0.2, -0.15) is 5.10 Å². The molecule has 7 nitrogen and oxygen atoms in total. The minimum Gasteiger partial charge on any atom is -0.346 e. The molecule has 0 aliphatic rings. The van der Waals surface area contributed by atoms with Gasteiger partial charge in [0.25, 0.3) is 0 Å². The number of aromatic amines is 2. The first-order valence-corrected chi connectivity index (χ1v) is 7.32. The molecule has 4 aromatic rings. The molecule has 0 fully saturated rings. The molecule has 23 heavy (non-hydrogen) atoms. The van der Waals surface area contributed by atoms with Gasteiger partial charge in [0, 0.05) is 16.8 Å². The van der Waals surface area contributed by atoms with Crippen LogP contribution in [0.25, 0.3) is 22.4 Å². The Morgan fingerprint density at radius 2 is 2.09 bits per heavy atom. The minimum absolute atomic E-state index is 0.576. The van der Waals surface area contributed by atoms with Crippen molar-refractivity contribution in [2.24, 2.45) is 0 Å². The highest BCUT2D eigenvalue weighted by Gasteiger charge is 2.13. The summed E-state index contributed by atoms with van der Waals surface area (Å²) in [6.07, 6.45) is 3.33. The van der Waals surface area contributed by atoms with Gasteiger partial charge < -0.3 is 10.3 Å². The lowest BCUT2D eigenvalue weighted by Gasteiger charge is -2.10. The second-order valence-corrected chi connectivity index (χ2v) is 5.46. The second-order valence-electron chi connectivity index (χ2n) is 5.02. The Balaban J connectivity index is 1.81. The van der Waals surface area contributed by atoms with Crippen molar-refractivity contribution >= 4 is 34.1 Å². The van der Waals surface area contributed by atoms with E-state index in [2.05, 4.69) is 35.5 Å². The zero-order valence-electron chi connectivity index (χ0n) is 12.1. The molecule has 114 valence electrons. The number of anilines is 2. The maximum absolute atomic E-state index is 6.13. The molecule has 0 radical (unpaired) electrons. The minimum atomic E-state index is 0.576. The summed E-state index contributed by atoms with van der Waals surface area (Å²) in [5, 5.41) is 11.9. The van der Waals surface area contributed by atoms with Crippen LogP contribution in [0.1, 0.15) is 5.82 Å². The predicted octanol–water partition coefficient (Wildman–Crippen LogP) is 3.45. The molecule has 0 saturated carbocycles. The van der Waals surface area contributed by atoms with Gasteiger partial charge in [0.2, 0.25) is 0 Å². The molecule has 0 spiro atoms. The fraction of sp³-hybridized carbons (Fsp3) is 0.0667. The van der Waals surface area contributed by atoms with Gasteiger partial charge in [-0.1, -0.05) is 11.6 Å². The number of nitrogens with zero attached hydrogens (tertiary/aromatic N) is 4. The van der Waals surface area contributed by atoms with Crippen LogP contribution < -0.4 is 5.32 Å². The monoisotopic (exact) mass is 325 g/mol. The average molecular weight is 326 g/mol. The van der Waals surface area contributed by atoms with E-state index < -0.39 is 0 Å². The summed E-state index contributed by atoms with van der Waals surface area (Å²) in [4.78, 5) is 15.9. The van der Waals surface area contributed by atoms with Crippen LogP contribution in [0.5, 0.6) is 0 Å². The zero-order valence-corrected chi connectivity index (χ0v) is 12.9. The van der Waals surface area contributed by atoms with Gasteiger partial charge in [-0.3, -0.25) is 5.10 Å². The van der Waals surface area contributed by atoms with E-state index in [0.29, 0.717) is 16.7 Å². The number of hydrogen-bond donors (Lipinski definition) is 3. The van der Waals surface area contributed by atoms with Crippen molar-refractivity contribution in [3.05, 3.63) is 47.6 Å². The molecule has 0 unspecified atom stereocenters. The van der Waals surface area contributed by atoms with Gasteiger partial charge in [0.05, 0.1) is 11.1 Å². The van der Waals surface area contributed by atoms with Crippen LogP contribution in [-0.4, -0.2) is 30.1 Å². The topological polar surface area (TPSA) is 95.2 Å². The third-order valence-corrected chi connectivity index (χ3v) is 3.66. The van der Waals surface area contributed by atoms with Gasteiger partial charge in [-0.25, -0.2) is 15.0 Å². The van der Waals surface area contributed by atoms with Crippen molar-refractivity contribution in [3.63, 3.8) is 0 Å². The number of aromatic nitrogens is 6. The van der Waals surface area contributed by atoms with Crippen molar-refractivity contribution < 1.29 is 0 Å². The molecule has 3 N–H and O–H groups in total. The largest absolute Gasteiger partial charge is 0.346 e. The lowest BCUT2D eigenvalue weighted by atomic mass is 10.1. The second kappa shape index (κ2) is 5.36. The van der Waals surface area contributed by atoms with E-state index in [1.54, 1.807) is 0 Å². The lowest BCUT2D eigenvalue weighted by Crippen LogP contribution is -1.98. The summed E-state index contributed by atoms with van der Waals surface area (Å²) in [7, 11) is 0. The maximum Gasteiger partial charge on any atom is 0.183 e. The number of hydrogen-bond acceptors (Lipinski definition) is 5. The molecular formula is C15H12ClN7. The van der Waals surface area contributed by atoms with E-state index in [1.807, 2.05) is 37.4 Å². The molecule has 8 heteroatoms. The van der Waals surface area contributed by atoms with Crippen LogP contribution in [0.2, 0.25) is 5.02 Å². The molecule has 0 aliphatic carbocycles. The number of benzene rings is 1. The fourth-order valence-corrected chi connectivity index (χ4v) is 2.55. The fourth-order valence-electron chi connectivity index (χ4n) is 2.37. The van der Waals surface area contributed by atoms with Crippen LogP contribution >= 0.6 is 11.6 Å². The molecule has 1 aromatic carbocycles. The maximum atomic E-state index is 6.13. The van der Waals surface area contributed by atoms with E-state index in [-0.39, 0.29) is 0 Å². The number of nitrogens with one attached hydrogen (secondary N) is 3. The van der Waals surface area contributed by atoms with E-state index in [1.165, 1.54) is 6.33 Å². The third kappa shape index (κ3) is 2.51. The first-order valence-electron chi connectivity index (χ1n) is 6.95. The van der Waals surface area contributed by atoms with Crippen LogP contribution in [0.15, 0.2) is 36.8 Å². The van der Waals surface area contributed by atoms with Crippen LogP contribution in [0.4, 0.5) is 11.5 Å². The van der Waals surface area contributed by atoms with Crippen molar-refractivity contribution in [2.75, 3.05) is 5.32 Å². The highest BCUT2D eigenvalue weighted by molar-refractivity contribution is 6.31. The molecule has 0 bridgehead atoms. The molecule has 4 rings (SSSR count). The Bertz CT molecular complexity index is 988. The Morgan fingerprint density at radius 1 is 1.17 bits per heavy atom. The molecule has 0 aliphatic heterocycles. The molecule has 0 amide bonds. The molecule has 0 atom stereocenters. The molecule has 0 saturated heterocycles. The van der Waals surface area contributed by atoms with Gasteiger partial charge in [0.15, 0.2) is 5.82 Å². The summed E-state index contributed by atoms with van der Waals surface area (Å²) in [6, 6.07) is 7.43. The van der Waals surface area contributed by atoms with E-state index in [0.717, 1.165) is 28.1 Å². The highest BCUT2D eigenvalue weighted by Crippen LogP contribution is 2.32. The SMILES string of the molecule is Cc1nc(-c2cc(Cl)ccc2Nc2ncnc3[nH]ccc23)n[nH]1. The van der Waals surface area contributed by atoms with Crippen LogP contribution in [0.3, 0.4) is 0 Å². The van der Waals surface area contributed by atoms with Crippen LogP contribution in [-0.2, 0) is 0 Å². The third-order valence-electron chi connectivity index (χ3n) is 3.43. The normalized spacial score (nSPS) is 11.0. The van der Waals surface area contributed by atoms with Crippen molar-refractivity contribution in [1.82, 2.24) is 30.1 Å². The first-order chi connectivity index (χ1) is 11.2. The van der Waals surface area contributed by atoms with Gasteiger partial charge in [-0.05, 0) is 31.2 Å². The number of halogens is 1. The summed E-state index contributed by atoms with van der Waals surface area (Å²) >= 11 is 6.13. The quantitative estimate of drug-likeness (QED) is 0.536. The van der Waals surface area contributed by atoms with Gasteiger partial charge >= 0.3 is 0 Å². The van der Waals surface area contributed by atoms with Gasteiger partial charge in [-0.15, -0.1) is 0 Å². The number of aryl methyl sites for hydroxylation is 1. The van der Waals surface area contributed by atoms with Crippen LogP contribution in [0, 0.1) is 6.92 Å². The first kappa shape index (κ1) is 13.7. The Hall–Kier alpha value is -2.93. The smallest absolute Gasteiger partial charge is 0.183 e. The summed E-state index contributed by atoms with van der Waals surface area (Å²) in [6.45, 7) is 1.85. The van der Waals surface area contributed by atoms with E-state index >= 15 is 0 Å². The zero-order chi connectivity index (χ0) is 15.8. The number of H-pyrrole nitrogens is 2. The summed E-state index contributed by atoms with van der Waals surface area (Å²) < 4.78 is 0. The van der Waals surface area contributed by atoms with Crippen molar-refractivity contribution in [1.29, 1.82) is 0 Å². The lowest BCUT2D eigenvalue weighted by molar-refractivity contribution is 1.04. The molecule has 3 aromatic heterocycles. The molecule has 3 heterocycles. The Morgan fingerprint density at radius 3 is 2.91 bits per heavy atom. The molecular weight excluding hydrogens is 314 g/mol. The highest BCUT2D eigenvalue weighted by atomic mass is 35.5. The summed E-state index contributed by atoms with van der Waals surface area (Å²) in [5.74, 6) is 2.01. The summed E-state index contributed by atoms with van der Waals surface area (Å²) in [5.41, 5.74) is 2.38. The van der Waals surface area contributed by atoms with E-state index in [4.69, 9.17) is 11.6 Å². The predicted molar refractivity (Wildman–Crippen MR) is 88.7 cm³/mol. The average Bonchev–Trinajstić information content (AvgIpc) is 3.18. The Kier molecular flexibility index (Phi) is 3.20. The van der Waals surface area contributed by atoms with Gasteiger partial charge in [0.1, 0.15) is 23.6 Å². The van der Waals surface area contributed by atoms with Crippen molar-refractivity contribution in [2.45, 2.75) is 6.92 Å². The van der Waals surface area contributed by atoms with E-state index in [9.17, 15) is 0 Å². The standard InChI is InChI=1S/C15H12ClN7/c1-8-20-15(23-22-8)11-6-9(16)2-3-12(11)21-14-10-4-5-17-13(10)18-7-19-14/h2-7H,1H3,(H,20,22,23)(H2,17,18,19,21). The number of fused-ring (bicyclic) bond motifs is 1.